The molecular weight excluding hydrogens is 321 g/mol. The minimum absolute atomic E-state index is 0.0378. The second-order valence-electron chi connectivity index (χ2n) is 5.85. The number of thiazole rings is 1. The fraction of sp³-hybridized carbons (Fsp3) is 0.158. The Bertz CT molecular complexity index is 971. The van der Waals surface area contributed by atoms with Crippen LogP contribution in [0.2, 0.25) is 0 Å². The lowest BCUT2D eigenvalue weighted by molar-refractivity contribution is 0.624. The van der Waals surface area contributed by atoms with Gasteiger partial charge in [-0.1, -0.05) is 18.2 Å². The van der Waals surface area contributed by atoms with Crippen LogP contribution in [0.15, 0.2) is 42.6 Å². The standard InChI is InChI=1S/C19H14FN3S/c20-16-6-4-11(8-12(16)9-21)19-23-10-18(24-19)15-3-1-2-14-13(15)5-7-17(14)22/h1-4,6,8,10,17H,5,7,22H2/t17-/m1/s1. The Morgan fingerprint density at radius 3 is 3.00 bits per heavy atom. The fourth-order valence-electron chi connectivity index (χ4n) is 3.19. The summed E-state index contributed by atoms with van der Waals surface area (Å²) in [4.78, 5) is 5.54. The molecule has 3 nitrogen and oxygen atoms in total. The molecule has 1 atom stereocenters. The van der Waals surface area contributed by atoms with Gasteiger partial charge in [0.25, 0.3) is 0 Å². The zero-order chi connectivity index (χ0) is 16.7. The van der Waals surface area contributed by atoms with Crippen LogP contribution < -0.4 is 5.73 Å². The van der Waals surface area contributed by atoms with Crippen LogP contribution in [-0.2, 0) is 6.42 Å². The Morgan fingerprint density at radius 1 is 1.29 bits per heavy atom. The molecule has 0 saturated heterocycles. The Balaban J connectivity index is 1.76. The summed E-state index contributed by atoms with van der Waals surface area (Å²) < 4.78 is 13.5. The molecule has 24 heavy (non-hydrogen) atoms. The highest BCUT2D eigenvalue weighted by molar-refractivity contribution is 7.18. The van der Waals surface area contributed by atoms with E-state index in [-0.39, 0.29) is 11.6 Å². The SMILES string of the molecule is N#Cc1cc(-c2ncc(-c3cccc4c3CC[C@H]4N)s2)ccc1F. The Kier molecular flexibility index (Phi) is 3.64. The monoisotopic (exact) mass is 335 g/mol. The van der Waals surface area contributed by atoms with E-state index in [1.165, 1.54) is 22.8 Å². The van der Waals surface area contributed by atoms with Crippen molar-refractivity contribution in [1.82, 2.24) is 4.98 Å². The minimum atomic E-state index is -0.507. The minimum Gasteiger partial charge on any atom is -0.324 e. The van der Waals surface area contributed by atoms with Gasteiger partial charge in [0.05, 0.1) is 10.4 Å². The number of fused-ring (bicyclic) bond motifs is 1. The molecule has 0 aliphatic heterocycles. The number of hydrogen-bond donors (Lipinski definition) is 1. The molecule has 2 N–H and O–H groups in total. The maximum atomic E-state index is 13.5. The van der Waals surface area contributed by atoms with Gasteiger partial charge >= 0.3 is 0 Å². The molecule has 0 spiro atoms. The highest BCUT2D eigenvalue weighted by Crippen LogP contribution is 2.40. The highest BCUT2D eigenvalue weighted by atomic mass is 32.1. The molecule has 1 heterocycles. The molecule has 1 aliphatic rings. The lowest BCUT2D eigenvalue weighted by Gasteiger charge is -2.07. The fourth-order valence-corrected chi connectivity index (χ4v) is 4.16. The second-order valence-corrected chi connectivity index (χ2v) is 6.89. The maximum Gasteiger partial charge on any atom is 0.140 e. The van der Waals surface area contributed by atoms with E-state index in [1.54, 1.807) is 23.5 Å². The molecule has 0 fully saturated rings. The van der Waals surface area contributed by atoms with Crippen LogP contribution in [0.3, 0.4) is 0 Å². The predicted molar refractivity (Wildman–Crippen MR) is 92.9 cm³/mol. The molecule has 2 aromatic carbocycles. The first kappa shape index (κ1) is 15.0. The van der Waals surface area contributed by atoms with E-state index in [2.05, 4.69) is 17.1 Å². The molecule has 5 heteroatoms. The van der Waals surface area contributed by atoms with E-state index in [0.717, 1.165) is 28.3 Å². The lowest BCUT2D eigenvalue weighted by atomic mass is 10.0. The summed E-state index contributed by atoms with van der Waals surface area (Å²) in [7, 11) is 0. The van der Waals surface area contributed by atoms with E-state index in [0.29, 0.717) is 0 Å². The van der Waals surface area contributed by atoms with Gasteiger partial charge in [0, 0.05) is 17.8 Å². The van der Waals surface area contributed by atoms with Crippen molar-refractivity contribution in [2.75, 3.05) is 0 Å². The van der Waals surface area contributed by atoms with Gasteiger partial charge < -0.3 is 5.73 Å². The number of hydrogen-bond acceptors (Lipinski definition) is 4. The van der Waals surface area contributed by atoms with Crippen LogP contribution in [0.25, 0.3) is 21.0 Å². The molecule has 118 valence electrons. The molecule has 0 radical (unpaired) electrons. The van der Waals surface area contributed by atoms with E-state index >= 15 is 0 Å². The third kappa shape index (κ3) is 2.41. The zero-order valence-electron chi connectivity index (χ0n) is 12.8. The van der Waals surface area contributed by atoms with Crippen molar-refractivity contribution in [3.8, 4) is 27.1 Å². The average molecular weight is 335 g/mol. The largest absolute Gasteiger partial charge is 0.324 e. The van der Waals surface area contributed by atoms with E-state index < -0.39 is 5.82 Å². The summed E-state index contributed by atoms with van der Waals surface area (Å²) in [5.74, 6) is -0.507. The first-order valence-electron chi connectivity index (χ1n) is 7.71. The van der Waals surface area contributed by atoms with E-state index in [1.807, 2.05) is 18.3 Å². The zero-order valence-corrected chi connectivity index (χ0v) is 13.6. The van der Waals surface area contributed by atoms with Crippen molar-refractivity contribution < 1.29 is 4.39 Å². The van der Waals surface area contributed by atoms with Crippen molar-refractivity contribution in [3.05, 3.63) is 65.1 Å². The van der Waals surface area contributed by atoms with Gasteiger partial charge in [-0.3, -0.25) is 0 Å². The number of halogens is 1. The van der Waals surface area contributed by atoms with Crippen molar-refractivity contribution >= 4 is 11.3 Å². The quantitative estimate of drug-likeness (QED) is 0.753. The molecule has 4 rings (SSSR count). The molecule has 1 aliphatic carbocycles. The van der Waals surface area contributed by atoms with Crippen LogP contribution in [0.1, 0.15) is 29.2 Å². The summed E-state index contributed by atoms with van der Waals surface area (Å²) in [6.07, 6.45) is 3.80. The van der Waals surface area contributed by atoms with Crippen LogP contribution >= 0.6 is 11.3 Å². The summed E-state index contributed by atoms with van der Waals surface area (Å²) in [6.45, 7) is 0. The lowest BCUT2D eigenvalue weighted by Crippen LogP contribution is -2.04. The van der Waals surface area contributed by atoms with Crippen molar-refractivity contribution in [2.45, 2.75) is 18.9 Å². The van der Waals surface area contributed by atoms with Gasteiger partial charge in [0.15, 0.2) is 0 Å². The number of nitriles is 1. The molecular formula is C19H14FN3S. The first-order valence-corrected chi connectivity index (χ1v) is 8.52. The van der Waals surface area contributed by atoms with Crippen LogP contribution in [-0.4, -0.2) is 4.98 Å². The van der Waals surface area contributed by atoms with Gasteiger partial charge in [-0.15, -0.1) is 11.3 Å². The van der Waals surface area contributed by atoms with Crippen molar-refractivity contribution in [2.24, 2.45) is 5.73 Å². The summed E-state index contributed by atoms with van der Waals surface area (Å²) in [5.41, 5.74) is 10.6. The number of aromatic nitrogens is 1. The smallest absolute Gasteiger partial charge is 0.140 e. The second kappa shape index (κ2) is 5.82. The first-order chi connectivity index (χ1) is 11.7. The third-order valence-electron chi connectivity index (χ3n) is 4.42. The molecule has 0 amide bonds. The summed E-state index contributed by atoms with van der Waals surface area (Å²) in [5, 5.41) is 9.76. The molecule has 3 aromatic rings. The van der Waals surface area contributed by atoms with Crippen molar-refractivity contribution in [1.29, 1.82) is 5.26 Å². The van der Waals surface area contributed by atoms with Gasteiger partial charge in [-0.2, -0.15) is 5.26 Å². The Hall–Kier alpha value is -2.55. The highest BCUT2D eigenvalue weighted by Gasteiger charge is 2.22. The summed E-state index contributed by atoms with van der Waals surface area (Å²) >= 11 is 1.55. The topological polar surface area (TPSA) is 62.7 Å². The molecule has 0 saturated carbocycles. The third-order valence-corrected chi connectivity index (χ3v) is 5.50. The molecule has 0 unspecified atom stereocenters. The number of nitrogens with two attached hydrogens (primary N) is 1. The van der Waals surface area contributed by atoms with Crippen LogP contribution in [0, 0.1) is 17.1 Å². The number of nitrogens with zero attached hydrogens (tertiary/aromatic N) is 2. The molecule has 1 aromatic heterocycles. The van der Waals surface area contributed by atoms with E-state index in [9.17, 15) is 4.39 Å². The maximum absolute atomic E-state index is 13.5. The van der Waals surface area contributed by atoms with Gasteiger partial charge in [0.2, 0.25) is 0 Å². The van der Waals surface area contributed by atoms with Crippen molar-refractivity contribution in [3.63, 3.8) is 0 Å². The normalized spacial score (nSPS) is 16.0. The van der Waals surface area contributed by atoms with Gasteiger partial charge in [-0.05, 0) is 47.7 Å². The summed E-state index contributed by atoms with van der Waals surface area (Å²) in [6, 6.07) is 12.7. The predicted octanol–water partition coefficient (Wildman–Crippen LogP) is 4.43. The number of benzene rings is 2. The molecule has 0 bridgehead atoms. The van der Waals surface area contributed by atoms with Crippen LogP contribution in [0.4, 0.5) is 4.39 Å². The van der Waals surface area contributed by atoms with Crippen LogP contribution in [0.5, 0.6) is 0 Å². The van der Waals surface area contributed by atoms with Gasteiger partial charge in [0.1, 0.15) is 16.9 Å². The van der Waals surface area contributed by atoms with Gasteiger partial charge in [-0.25, -0.2) is 9.37 Å². The Labute approximate surface area is 143 Å². The van der Waals surface area contributed by atoms with E-state index in [4.69, 9.17) is 11.0 Å². The number of rotatable bonds is 2. The Morgan fingerprint density at radius 2 is 2.17 bits per heavy atom. The average Bonchev–Trinajstić information content (AvgIpc) is 3.23.